The molecular formula is C21H20N4O5S. The number of ether oxygens (including phenoxy) is 1. The van der Waals surface area contributed by atoms with Crippen LogP contribution < -0.4 is 4.74 Å². The summed E-state index contributed by atoms with van der Waals surface area (Å²) in [5.41, 5.74) is 1.34. The van der Waals surface area contributed by atoms with Crippen LogP contribution in [-0.4, -0.2) is 31.2 Å². The van der Waals surface area contributed by atoms with Crippen LogP contribution in [0, 0.1) is 10.1 Å². The van der Waals surface area contributed by atoms with Gasteiger partial charge in [0.1, 0.15) is 23.1 Å². The van der Waals surface area contributed by atoms with Crippen LogP contribution in [-0.2, 0) is 17.8 Å². The number of benzene rings is 2. The van der Waals surface area contributed by atoms with Gasteiger partial charge in [-0.05, 0) is 48.0 Å². The number of hydrogen-bond donors (Lipinski definition) is 2. The number of nitrogens with one attached hydrogen (secondary N) is 1. The molecule has 0 radical (unpaired) electrons. The highest BCUT2D eigenvalue weighted by Gasteiger charge is 2.15. The number of aliphatic carboxylic acids is 1. The lowest BCUT2D eigenvalue weighted by Gasteiger charge is -2.10. The molecule has 1 heterocycles. The SMILES string of the molecule is CCCc1nc(S/C(=C\c2ccccc2OCc2ccc([N+](=O)[O-])cc2)C(=O)O)n[nH]1. The first-order valence-corrected chi connectivity index (χ1v) is 10.3. The van der Waals surface area contributed by atoms with E-state index in [0.29, 0.717) is 22.3 Å². The molecule has 0 atom stereocenters. The molecule has 2 aromatic carbocycles. The first-order valence-electron chi connectivity index (χ1n) is 9.45. The van der Waals surface area contributed by atoms with Crippen molar-refractivity contribution in [1.82, 2.24) is 15.2 Å². The van der Waals surface area contributed by atoms with Gasteiger partial charge in [0.15, 0.2) is 0 Å². The number of hydrogen-bond acceptors (Lipinski definition) is 7. The van der Waals surface area contributed by atoms with E-state index in [1.165, 1.54) is 18.2 Å². The van der Waals surface area contributed by atoms with Gasteiger partial charge in [0.25, 0.3) is 5.69 Å². The number of carboxylic acid groups (broad SMARTS) is 1. The number of H-pyrrole nitrogens is 1. The van der Waals surface area contributed by atoms with Gasteiger partial charge in [-0.2, -0.15) is 0 Å². The summed E-state index contributed by atoms with van der Waals surface area (Å²) >= 11 is 0.955. The Kier molecular flexibility index (Phi) is 7.39. The topological polar surface area (TPSA) is 131 Å². The van der Waals surface area contributed by atoms with Crippen LogP contribution in [0.4, 0.5) is 5.69 Å². The highest BCUT2D eigenvalue weighted by Crippen LogP contribution is 2.29. The fourth-order valence-corrected chi connectivity index (χ4v) is 3.37. The summed E-state index contributed by atoms with van der Waals surface area (Å²) in [7, 11) is 0. The highest BCUT2D eigenvalue weighted by atomic mass is 32.2. The van der Waals surface area contributed by atoms with Crippen molar-refractivity contribution in [2.24, 2.45) is 0 Å². The Morgan fingerprint density at radius 3 is 2.68 bits per heavy atom. The van der Waals surface area contributed by atoms with E-state index >= 15 is 0 Å². The van der Waals surface area contributed by atoms with Gasteiger partial charge >= 0.3 is 5.97 Å². The maximum atomic E-state index is 11.8. The molecular weight excluding hydrogens is 420 g/mol. The number of nitro groups is 1. The summed E-state index contributed by atoms with van der Waals surface area (Å²) in [5.74, 6) is 0.0976. The lowest BCUT2D eigenvalue weighted by atomic mass is 10.2. The van der Waals surface area contributed by atoms with Crippen LogP contribution in [0.2, 0.25) is 0 Å². The van der Waals surface area contributed by atoms with E-state index in [1.807, 2.05) is 6.92 Å². The fourth-order valence-electron chi connectivity index (χ4n) is 2.65. The van der Waals surface area contributed by atoms with Crippen LogP contribution in [0.25, 0.3) is 6.08 Å². The van der Waals surface area contributed by atoms with Crippen molar-refractivity contribution in [3.8, 4) is 5.75 Å². The zero-order valence-corrected chi connectivity index (χ0v) is 17.5. The Labute approximate surface area is 182 Å². The highest BCUT2D eigenvalue weighted by molar-refractivity contribution is 8.04. The van der Waals surface area contributed by atoms with Crippen LogP contribution in [0.3, 0.4) is 0 Å². The molecule has 0 aliphatic heterocycles. The third-order valence-corrected chi connectivity index (χ3v) is 5.03. The average Bonchev–Trinajstić information content (AvgIpc) is 3.20. The number of aromatic amines is 1. The summed E-state index contributed by atoms with van der Waals surface area (Å²) in [6.07, 6.45) is 3.15. The van der Waals surface area contributed by atoms with Crippen molar-refractivity contribution in [3.63, 3.8) is 0 Å². The van der Waals surface area contributed by atoms with Crippen LogP contribution in [0.15, 0.2) is 58.6 Å². The fraction of sp³-hybridized carbons (Fsp3) is 0.190. The summed E-state index contributed by atoms with van der Waals surface area (Å²) in [4.78, 5) is 26.4. The summed E-state index contributed by atoms with van der Waals surface area (Å²) < 4.78 is 5.84. The van der Waals surface area contributed by atoms with Crippen LogP contribution >= 0.6 is 11.8 Å². The molecule has 9 nitrogen and oxygen atoms in total. The molecule has 0 aliphatic rings. The van der Waals surface area contributed by atoms with Crippen molar-refractivity contribution >= 4 is 29.5 Å². The van der Waals surface area contributed by atoms with E-state index in [4.69, 9.17) is 4.74 Å². The number of rotatable bonds is 10. The molecule has 0 amide bonds. The first-order chi connectivity index (χ1) is 15.0. The minimum absolute atomic E-state index is 0.00396. The van der Waals surface area contributed by atoms with Crippen molar-refractivity contribution in [3.05, 3.63) is 80.5 Å². The lowest BCUT2D eigenvalue weighted by molar-refractivity contribution is -0.384. The molecule has 160 valence electrons. The first kappa shape index (κ1) is 22.0. The number of non-ortho nitro benzene ring substituents is 1. The molecule has 0 unspecified atom stereocenters. The van der Waals surface area contributed by atoms with Gasteiger partial charge in [0.2, 0.25) is 5.16 Å². The number of aryl methyl sites for hydroxylation is 1. The van der Waals surface area contributed by atoms with Crippen LogP contribution in [0.5, 0.6) is 5.75 Å². The summed E-state index contributed by atoms with van der Waals surface area (Å²) in [5, 5.41) is 27.6. The Morgan fingerprint density at radius 1 is 1.26 bits per heavy atom. The lowest BCUT2D eigenvalue weighted by Crippen LogP contribution is -2.00. The second-order valence-corrected chi connectivity index (χ2v) is 7.49. The van der Waals surface area contributed by atoms with Gasteiger partial charge in [-0.3, -0.25) is 15.2 Å². The van der Waals surface area contributed by atoms with Gasteiger partial charge in [0.05, 0.1) is 4.92 Å². The number of nitrogens with zero attached hydrogens (tertiary/aromatic N) is 3. The van der Waals surface area contributed by atoms with E-state index < -0.39 is 10.9 Å². The quantitative estimate of drug-likeness (QED) is 0.204. The number of para-hydroxylation sites is 1. The van der Waals surface area contributed by atoms with Crippen LogP contribution in [0.1, 0.15) is 30.3 Å². The molecule has 0 bridgehead atoms. The predicted molar refractivity (Wildman–Crippen MR) is 116 cm³/mol. The number of carbonyl (C=O) groups is 1. The van der Waals surface area contributed by atoms with E-state index in [-0.39, 0.29) is 17.2 Å². The molecule has 0 aliphatic carbocycles. The molecule has 0 spiro atoms. The van der Waals surface area contributed by atoms with Gasteiger partial charge in [-0.15, -0.1) is 5.10 Å². The molecule has 31 heavy (non-hydrogen) atoms. The van der Waals surface area contributed by atoms with E-state index in [0.717, 1.165) is 30.2 Å². The molecule has 10 heteroatoms. The maximum Gasteiger partial charge on any atom is 0.342 e. The van der Waals surface area contributed by atoms with Crippen molar-refractivity contribution < 1.29 is 19.6 Å². The maximum absolute atomic E-state index is 11.8. The molecule has 2 N–H and O–H groups in total. The molecule has 3 rings (SSSR count). The standard InChI is InChI=1S/C21H20N4O5S/c1-2-5-19-22-21(24-23-19)31-18(20(26)27)12-15-6-3-4-7-17(15)30-13-14-8-10-16(11-9-14)25(28)29/h3-4,6-12H,2,5,13H2,1H3,(H,26,27)(H,22,23,24)/b18-12-. The second kappa shape index (κ2) is 10.4. The number of carboxylic acids is 1. The monoisotopic (exact) mass is 440 g/mol. The minimum atomic E-state index is -1.10. The summed E-state index contributed by atoms with van der Waals surface area (Å²) in [6.45, 7) is 2.20. The van der Waals surface area contributed by atoms with E-state index in [2.05, 4.69) is 15.2 Å². The molecule has 3 aromatic rings. The van der Waals surface area contributed by atoms with Gasteiger partial charge < -0.3 is 9.84 Å². The largest absolute Gasteiger partial charge is 0.488 e. The second-order valence-electron chi connectivity index (χ2n) is 6.48. The predicted octanol–water partition coefficient (Wildman–Crippen LogP) is 4.46. The van der Waals surface area contributed by atoms with Crippen molar-refractivity contribution in [2.75, 3.05) is 0 Å². The zero-order chi connectivity index (χ0) is 22.2. The van der Waals surface area contributed by atoms with Gasteiger partial charge in [-0.25, -0.2) is 9.78 Å². The van der Waals surface area contributed by atoms with Gasteiger partial charge in [-0.1, -0.05) is 25.1 Å². The number of nitro benzene ring substituents is 1. The van der Waals surface area contributed by atoms with E-state index in [1.54, 1.807) is 36.4 Å². The van der Waals surface area contributed by atoms with E-state index in [9.17, 15) is 20.0 Å². The Morgan fingerprint density at radius 2 is 2.00 bits per heavy atom. The Balaban J connectivity index is 1.76. The zero-order valence-electron chi connectivity index (χ0n) is 16.6. The number of thioether (sulfide) groups is 1. The third-order valence-electron chi connectivity index (χ3n) is 4.16. The molecule has 0 saturated heterocycles. The minimum Gasteiger partial charge on any atom is -0.488 e. The molecule has 0 fully saturated rings. The van der Waals surface area contributed by atoms with Gasteiger partial charge in [0, 0.05) is 24.1 Å². The molecule has 0 saturated carbocycles. The smallest absolute Gasteiger partial charge is 0.342 e. The Bertz CT molecular complexity index is 1100. The average molecular weight is 440 g/mol. The van der Waals surface area contributed by atoms with Crippen molar-refractivity contribution in [2.45, 2.75) is 31.5 Å². The number of aromatic nitrogens is 3. The third kappa shape index (κ3) is 6.16. The molecule has 1 aromatic heterocycles. The van der Waals surface area contributed by atoms with Crippen molar-refractivity contribution in [1.29, 1.82) is 0 Å². The summed E-state index contributed by atoms with van der Waals surface area (Å²) in [6, 6.07) is 13.1. The normalized spacial score (nSPS) is 11.3. The Hall–Kier alpha value is -3.66.